The number of rotatable bonds is 9. The molecule has 0 heterocycles. The van der Waals surface area contributed by atoms with Gasteiger partial charge in [-0.3, -0.25) is 9.59 Å². The maximum Gasteiger partial charge on any atom is 0.407 e. The molecule has 0 saturated carbocycles. The lowest BCUT2D eigenvalue weighted by molar-refractivity contribution is -0.140. The highest BCUT2D eigenvalue weighted by molar-refractivity contribution is 5.89. The minimum Gasteiger partial charge on any atom is -0.481 e. The summed E-state index contributed by atoms with van der Waals surface area (Å²) in [4.78, 5) is 36.2. The first-order valence-corrected chi connectivity index (χ1v) is 10.6. The predicted molar refractivity (Wildman–Crippen MR) is 118 cm³/mol. The normalized spacial score (nSPS) is 14.2. The SMILES string of the molecule is CC(C)C(CO)NC(=O)C(CC(=O)O)NC(=O)OCC1c2ccccc2-c2ccccc21. The van der Waals surface area contributed by atoms with E-state index >= 15 is 0 Å². The average Bonchev–Trinajstić information content (AvgIpc) is 3.08. The number of benzene rings is 2. The fraction of sp³-hybridized carbons (Fsp3) is 0.375. The summed E-state index contributed by atoms with van der Waals surface area (Å²) in [5.41, 5.74) is 4.26. The summed E-state index contributed by atoms with van der Waals surface area (Å²) < 4.78 is 5.41. The van der Waals surface area contributed by atoms with Gasteiger partial charge in [0.1, 0.15) is 12.6 Å². The number of fused-ring (bicyclic) bond motifs is 3. The number of alkyl carbamates (subject to hydrolysis) is 1. The van der Waals surface area contributed by atoms with Crippen LogP contribution in [-0.2, 0) is 14.3 Å². The van der Waals surface area contributed by atoms with Crippen molar-refractivity contribution in [3.8, 4) is 11.1 Å². The molecule has 0 aliphatic heterocycles. The van der Waals surface area contributed by atoms with E-state index in [0.717, 1.165) is 22.3 Å². The number of ether oxygens (including phenoxy) is 1. The monoisotopic (exact) mass is 440 g/mol. The van der Waals surface area contributed by atoms with Crippen molar-refractivity contribution < 1.29 is 29.3 Å². The van der Waals surface area contributed by atoms with Crippen LogP contribution in [0.2, 0.25) is 0 Å². The van der Waals surface area contributed by atoms with Gasteiger partial charge < -0.3 is 25.6 Å². The standard InChI is InChI=1S/C24H28N2O6/c1-14(2)21(12-27)25-23(30)20(11-22(28)29)26-24(31)32-13-19-17-9-5-3-7-15(17)16-8-4-6-10-18(16)19/h3-10,14,19-21,27H,11-13H2,1-2H3,(H,25,30)(H,26,31)(H,28,29). The van der Waals surface area contributed by atoms with E-state index in [0.29, 0.717) is 0 Å². The third-order valence-corrected chi connectivity index (χ3v) is 5.66. The third-order valence-electron chi connectivity index (χ3n) is 5.66. The van der Waals surface area contributed by atoms with Gasteiger partial charge in [-0.05, 0) is 28.2 Å². The summed E-state index contributed by atoms with van der Waals surface area (Å²) in [7, 11) is 0. The van der Waals surface area contributed by atoms with Gasteiger partial charge in [0.2, 0.25) is 5.91 Å². The van der Waals surface area contributed by atoms with Crippen molar-refractivity contribution in [2.75, 3.05) is 13.2 Å². The summed E-state index contributed by atoms with van der Waals surface area (Å²) in [5, 5.41) is 23.5. The zero-order chi connectivity index (χ0) is 23.3. The van der Waals surface area contributed by atoms with E-state index in [1.165, 1.54) is 0 Å². The van der Waals surface area contributed by atoms with Crippen LogP contribution in [0.15, 0.2) is 48.5 Å². The number of aliphatic hydroxyl groups excluding tert-OH is 1. The molecule has 0 saturated heterocycles. The van der Waals surface area contributed by atoms with Crippen LogP contribution in [0.1, 0.15) is 37.3 Å². The molecule has 0 fully saturated rings. The van der Waals surface area contributed by atoms with Crippen molar-refractivity contribution in [1.82, 2.24) is 10.6 Å². The zero-order valence-corrected chi connectivity index (χ0v) is 18.1. The Morgan fingerprint density at radius 2 is 1.53 bits per heavy atom. The lowest BCUT2D eigenvalue weighted by Crippen LogP contribution is -2.52. The van der Waals surface area contributed by atoms with Crippen LogP contribution in [0.5, 0.6) is 0 Å². The summed E-state index contributed by atoms with van der Waals surface area (Å²) in [6, 6.07) is 13.9. The summed E-state index contributed by atoms with van der Waals surface area (Å²) in [5.74, 6) is -2.15. The lowest BCUT2D eigenvalue weighted by Gasteiger charge is -2.24. The summed E-state index contributed by atoms with van der Waals surface area (Å²) in [6.45, 7) is 3.37. The number of carbonyl (C=O) groups excluding carboxylic acids is 2. The first-order valence-electron chi connectivity index (χ1n) is 10.6. The first-order chi connectivity index (χ1) is 15.3. The Balaban J connectivity index is 1.67. The second-order valence-electron chi connectivity index (χ2n) is 8.16. The Kier molecular flexibility index (Phi) is 7.48. The summed E-state index contributed by atoms with van der Waals surface area (Å²) in [6.07, 6.45) is -1.48. The van der Waals surface area contributed by atoms with Gasteiger partial charge in [-0.2, -0.15) is 0 Å². The molecule has 2 atom stereocenters. The van der Waals surface area contributed by atoms with Gasteiger partial charge in [0.25, 0.3) is 0 Å². The molecule has 0 aromatic heterocycles. The van der Waals surface area contributed by atoms with E-state index in [4.69, 9.17) is 9.84 Å². The molecule has 0 bridgehead atoms. The van der Waals surface area contributed by atoms with E-state index in [1.54, 1.807) is 0 Å². The molecule has 0 radical (unpaired) electrons. The lowest BCUT2D eigenvalue weighted by atomic mass is 9.98. The molecular weight excluding hydrogens is 412 g/mol. The summed E-state index contributed by atoms with van der Waals surface area (Å²) >= 11 is 0. The number of aliphatic hydroxyl groups is 1. The van der Waals surface area contributed by atoms with Gasteiger partial charge in [-0.25, -0.2) is 4.79 Å². The van der Waals surface area contributed by atoms with E-state index in [1.807, 2.05) is 62.4 Å². The van der Waals surface area contributed by atoms with Crippen molar-refractivity contribution in [3.05, 3.63) is 59.7 Å². The van der Waals surface area contributed by atoms with Crippen LogP contribution in [0, 0.1) is 5.92 Å². The molecular formula is C24H28N2O6. The van der Waals surface area contributed by atoms with Gasteiger partial charge in [-0.1, -0.05) is 62.4 Å². The van der Waals surface area contributed by atoms with E-state index < -0.39 is 36.5 Å². The number of amides is 2. The number of hydrogen-bond acceptors (Lipinski definition) is 5. The van der Waals surface area contributed by atoms with Crippen LogP contribution in [0.3, 0.4) is 0 Å². The number of aliphatic carboxylic acids is 1. The Morgan fingerprint density at radius 3 is 2.03 bits per heavy atom. The molecule has 170 valence electrons. The second-order valence-corrected chi connectivity index (χ2v) is 8.16. The highest BCUT2D eigenvalue weighted by Gasteiger charge is 2.31. The number of hydrogen-bond donors (Lipinski definition) is 4. The topological polar surface area (TPSA) is 125 Å². The van der Waals surface area contributed by atoms with E-state index in [2.05, 4.69) is 10.6 Å². The Hall–Kier alpha value is -3.39. The van der Waals surface area contributed by atoms with E-state index in [-0.39, 0.29) is 25.0 Å². The van der Waals surface area contributed by atoms with Gasteiger partial charge in [0.05, 0.1) is 19.1 Å². The molecule has 3 rings (SSSR count). The Bertz CT molecular complexity index is 944. The van der Waals surface area contributed by atoms with Crippen molar-refractivity contribution in [3.63, 3.8) is 0 Å². The largest absolute Gasteiger partial charge is 0.481 e. The van der Waals surface area contributed by atoms with Crippen LogP contribution in [0.4, 0.5) is 4.79 Å². The van der Waals surface area contributed by atoms with E-state index in [9.17, 15) is 19.5 Å². The highest BCUT2D eigenvalue weighted by atomic mass is 16.5. The van der Waals surface area contributed by atoms with Gasteiger partial charge in [-0.15, -0.1) is 0 Å². The van der Waals surface area contributed by atoms with Gasteiger partial charge in [0, 0.05) is 5.92 Å². The van der Waals surface area contributed by atoms with Crippen molar-refractivity contribution >= 4 is 18.0 Å². The molecule has 32 heavy (non-hydrogen) atoms. The van der Waals surface area contributed by atoms with Crippen LogP contribution < -0.4 is 10.6 Å². The number of carboxylic acids is 1. The minimum atomic E-state index is -1.32. The average molecular weight is 440 g/mol. The molecule has 2 amide bonds. The molecule has 2 aromatic rings. The minimum absolute atomic E-state index is 0.0481. The highest BCUT2D eigenvalue weighted by Crippen LogP contribution is 2.44. The van der Waals surface area contributed by atoms with Crippen molar-refractivity contribution in [2.24, 2.45) is 5.92 Å². The fourth-order valence-electron chi connectivity index (χ4n) is 3.87. The molecule has 2 unspecified atom stereocenters. The zero-order valence-electron chi connectivity index (χ0n) is 18.1. The fourth-order valence-corrected chi connectivity index (χ4v) is 3.87. The molecule has 1 aliphatic rings. The van der Waals surface area contributed by atoms with Crippen molar-refractivity contribution in [1.29, 1.82) is 0 Å². The molecule has 4 N–H and O–H groups in total. The quantitative estimate of drug-likeness (QED) is 0.475. The van der Waals surface area contributed by atoms with Gasteiger partial charge in [0.15, 0.2) is 0 Å². The van der Waals surface area contributed by atoms with Crippen LogP contribution >= 0.6 is 0 Å². The van der Waals surface area contributed by atoms with Gasteiger partial charge >= 0.3 is 12.1 Å². The maximum absolute atomic E-state index is 12.5. The Morgan fingerprint density at radius 1 is 0.969 bits per heavy atom. The van der Waals surface area contributed by atoms with Crippen LogP contribution in [0.25, 0.3) is 11.1 Å². The third kappa shape index (κ3) is 5.26. The molecule has 2 aromatic carbocycles. The first kappa shape index (κ1) is 23.3. The van der Waals surface area contributed by atoms with Crippen molar-refractivity contribution in [2.45, 2.75) is 38.3 Å². The predicted octanol–water partition coefficient (Wildman–Crippen LogP) is 2.50. The number of carbonyl (C=O) groups is 3. The van der Waals surface area contributed by atoms with Crippen LogP contribution in [-0.4, -0.2) is 53.5 Å². The smallest absolute Gasteiger partial charge is 0.407 e. The number of carboxylic acid groups (broad SMARTS) is 1. The Labute approximate surface area is 186 Å². The molecule has 1 aliphatic carbocycles. The maximum atomic E-state index is 12.5. The molecule has 8 nitrogen and oxygen atoms in total. The molecule has 8 heteroatoms. The molecule has 0 spiro atoms. The second kappa shape index (κ2) is 10.3. The number of nitrogens with one attached hydrogen (secondary N) is 2.